The molecule has 0 saturated heterocycles. The molecule has 2 aromatic rings. The number of rotatable bonds is 3. The Labute approximate surface area is 110 Å². The van der Waals surface area contributed by atoms with Crippen molar-refractivity contribution in [2.45, 2.75) is 0 Å². The van der Waals surface area contributed by atoms with Gasteiger partial charge >= 0.3 is 0 Å². The van der Waals surface area contributed by atoms with E-state index in [2.05, 4.69) is 0 Å². The van der Waals surface area contributed by atoms with Gasteiger partial charge in [-0.3, -0.25) is 4.79 Å². The van der Waals surface area contributed by atoms with Gasteiger partial charge in [0.25, 0.3) is 5.91 Å². The number of halogens is 1. The van der Waals surface area contributed by atoms with Crippen LogP contribution in [0.15, 0.2) is 42.5 Å². The molecule has 0 unspecified atom stereocenters. The summed E-state index contributed by atoms with van der Waals surface area (Å²) < 4.78 is 13.8. The predicted molar refractivity (Wildman–Crippen MR) is 73.8 cm³/mol. The Bertz CT molecular complexity index is 628. The normalized spacial score (nSPS) is 10.2. The summed E-state index contributed by atoms with van der Waals surface area (Å²) in [4.78, 5) is 13.0. The molecule has 0 spiro atoms. The number of primary amides is 1. The van der Waals surface area contributed by atoms with Crippen LogP contribution in [0.3, 0.4) is 0 Å². The van der Waals surface area contributed by atoms with Gasteiger partial charge in [-0.15, -0.1) is 0 Å². The van der Waals surface area contributed by atoms with Crippen molar-refractivity contribution in [3.8, 4) is 0 Å². The number of carbonyl (C=O) groups excluding carboxylic acids is 1. The van der Waals surface area contributed by atoms with Crippen molar-refractivity contribution in [1.82, 2.24) is 0 Å². The van der Waals surface area contributed by atoms with Gasteiger partial charge in [-0.2, -0.15) is 0 Å². The van der Waals surface area contributed by atoms with E-state index in [1.165, 1.54) is 12.1 Å². The van der Waals surface area contributed by atoms with Crippen LogP contribution in [0.5, 0.6) is 0 Å². The van der Waals surface area contributed by atoms with Crippen LogP contribution in [0.1, 0.15) is 10.4 Å². The lowest BCUT2D eigenvalue weighted by molar-refractivity contribution is 0.100. The molecule has 0 aliphatic heterocycles. The van der Waals surface area contributed by atoms with Gasteiger partial charge in [-0.1, -0.05) is 12.1 Å². The van der Waals surface area contributed by atoms with Gasteiger partial charge in [0.15, 0.2) is 0 Å². The highest BCUT2D eigenvalue weighted by molar-refractivity contribution is 6.00. The van der Waals surface area contributed by atoms with Crippen LogP contribution >= 0.6 is 0 Å². The van der Waals surface area contributed by atoms with E-state index in [1.807, 2.05) is 0 Å². The molecule has 0 radical (unpaired) electrons. The summed E-state index contributed by atoms with van der Waals surface area (Å²) in [6.07, 6.45) is 0. The van der Waals surface area contributed by atoms with E-state index in [-0.39, 0.29) is 5.82 Å². The van der Waals surface area contributed by atoms with Crippen molar-refractivity contribution in [2.24, 2.45) is 5.73 Å². The second-order valence-electron chi connectivity index (χ2n) is 4.15. The second kappa shape index (κ2) is 4.97. The molecule has 2 aromatic carbocycles. The molecule has 0 aliphatic rings. The van der Waals surface area contributed by atoms with E-state index in [0.717, 1.165) is 0 Å². The van der Waals surface area contributed by atoms with Gasteiger partial charge < -0.3 is 16.4 Å². The van der Waals surface area contributed by atoms with Gasteiger partial charge in [0.1, 0.15) is 5.82 Å². The average Bonchev–Trinajstić information content (AvgIpc) is 2.38. The average molecular weight is 259 g/mol. The third-order valence-corrected chi connectivity index (χ3v) is 2.86. The Balaban J connectivity index is 2.55. The minimum Gasteiger partial charge on any atom is -0.399 e. The molecule has 1 amide bonds. The molecule has 0 bridgehead atoms. The van der Waals surface area contributed by atoms with E-state index in [0.29, 0.717) is 22.6 Å². The lowest BCUT2D eigenvalue weighted by atomic mass is 10.1. The van der Waals surface area contributed by atoms with E-state index >= 15 is 0 Å². The van der Waals surface area contributed by atoms with Crippen LogP contribution < -0.4 is 16.4 Å². The first-order chi connectivity index (χ1) is 9.00. The Morgan fingerprint density at radius 1 is 1.16 bits per heavy atom. The predicted octanol–water partition coefficient (Wildman–Crippen LogP) is 2.27. The molecule has 19 heavy (non-hydrogen) atoms. The maximum Gasteiger partial charge on any atom is 0.250 e. The minimum atomic E-state index is -0.585. The standard InChI is InChI=1S/C14H14FN3O/c1-18(12-5-3-2-4-11(12)15)13-8-9(16)6-7-10(13)14(17)19/h2-8H,16H2,1H3,(H2,17,19). The number of benzene rings is 2. The number of hydrogen-bond donors (Lipinski definition) is 2. The number of carbonyl (C=O) groups is 1. The first kappa shape index (κ1) is 12.9. The van der Waals surface area contributed by atoms with Gasteiger partial charge in [0.05, 0.1) is 16.9 Å². The van der Waals surface area contributed by atoms with Crippen LogP contribution in [0.2, 0.25) is 0 Å². The molecule has 4 nitrogen and oxygen atoms in total. The maximum atomic E-state index is 13.8. The number of nitrogens with zero attached hydrogens (tertiary/aromatic N) is 1. The summed E-state index contributed by atoms with van der Waals surface area (Å²) in [7, 11) is 1.65. The van der Waals surface area contributed by atoms with Crippen molar-refractivity contribution < 1.29 is 9.18 Å². The largest absolute Gasteiger partial charge is 0.399 e. The molecule has 0 aromatic heterocycles. The van der Waals surface area contributed by atoms with Crippen LogP contribution in [-0.2, 0) is 0 Å². The van der Waals surface area contributed by atoms with Crippen molar-refractivity contribution in [1.29, 1.82) is 0 Å². The second-order valence-corrected chi connectivity index (χ2v) is 4.15. The van der Waals surface area contributed by atoms with E-state index in [9.17, 15) is 9.18 Å². The maximum absolute atomic E-state index is 13.8. The molecule has 0 heterocycles. The molecular formula is C14H14FN3O. The van der Waals surface area contributed by atoms with Gasteiger partial charge in [-0.25, -0.2) is 4.39 Å². The Hall–Kier alpha value is -2.56. The number of anilines is 3. The third-order valence-electron chi connectivity index (χ3n) is 2.86. The highest BCUT2D eigenvalue weighted by Crippen LogP contribution is 2.30. The summed E-state index contributed by atoms with van der Waals surface area (Å²) in [5.41, 5.74) is 12.6. The SMILES string of the molecule is CN(c1ccccc1F)c1cc(N)ccc1C(N)=O. The van der Waals surface area contributed by atoms with Crippen LogP contribution in [0.4, 0.5) is 21.5 Å². The molecule has 0 saturated carbocycles. The first-order valence-electron chi connectivity index (χ1n) is 5.68. The molecule has 0 aliphatic carbocycles. The van der Waals surface area contributed by atoms with Crippen LogP contribution in [-0.4, -0.2) is 13.0 Å². The molecule has 0 atom stereocenters. The smallest absolute Gasteiger partial charge is 0.250 e. The summed E-state index contributed by atoms with van der Waals surface area (Å²) in [6, 6.07) is 11.0. The fourth-order valence-corrected chi connectivity index (χ4v) is 1.89. The molecule has 0 fully saturated rings. The molecule has 5 heteroatoms. The topological polar surface area (TPSA) is 72.3 Å². The molecule has 98 valence electrons. The zero-order chi connectivity index (χ0) is 14.0. The molecular weight excluding hydrogens is 245 g/mol. The van der Waals surface area contributed by atoms with Crippen molar-refractivity contribution in [3.05, 3.63) is 53.8 Å². The minimum absolute atomic E-state index is 0.292. The number of nitrogens with two attached hydrogens (primary N) is 2. The van der Waals surface area contributed by atoms with E-state index in [4.69, 9.17) is 11.5 Å². The van der Waals surface area contributed by atoms with Gasteiger partial charge in [0.2, 0.25) is 0 Å². The zero-order valence-electron chi connectivity index (χ0n) is 10.4. The first-order valence-corrected chi connectivity index (χ1v) is 5.68. The number of para-hydroxylation sites is 1. The van der Waals surface area contributed by atoms with Crippen molar-refractivity contribution >= 4 is 23.0 Å². The third kappa shape index (κ3) is 2.49. The number of amides is 1. The summed E-state index contributed by atoms with van der Waals surface area (Å²) in [5.74, 6) is -0.971. The monoisotopic (exact) mass is 259 g/mol. The van der Waals surface area contributed by atoms with E-state index < -0.39 is 5.91 Å². The lowest BCUT2D eigenvalue weighted by Gasteiger charge is -2.22. The van der Waals surface area contributed by atoms with Gasteiger partial charge in [0, 0.05) is 12.7 Å². The van der Waals surface area contributed by atoms with E-state index in [1.54, 1.807) is 42.3 Å². The number of hydrogen-bond acceptors (Lipinski definition) is 3. The summed E-state index contributed by atoms with van der Waals surface area (Å²) in [6.45, 7) is 0. The Morgan fingerprint density at radius 3 is 2.47 bits per heavy atom. The Morgan fingerprint density at radius 2 is 1.84 bits per heavy atom. The molecule has 2 rings (SSSR count). The van der Waals surface area contributed by atoms with Crippen LogP contribution in [0, 0.1) is 5.82 Å². The summed E-state index contributed by atoms with van der Waals surface area (Å²) in [5, 5.41) is 0. The molecule has 4 N–H and O–H groups in total. The van der Waals surface area contributed by atoms with Crippen molar-refractivity contribution in [3.63, 3.8) is 0 Å². The Kier molecular flexibility index (Phi) is 3.37. The summed E-state index contributed by atoms with van der Waals surface area (Å²) >= 11 is 0. The quantitative estimate of drug-likeness (QED) is 0.830. The fourth-order valence-electron chi connectivity index (χ4n) is 1.89. The lowest BCUT2D eigenvalue weighted by Crippen LogP contribution is -2.19. The number of nitrogen functional groups attached to an aromatic ring is 1. The highest BCUT2D eigenvalue weighted by atomic mass is 19.1. The van der Waals surface area contributed by atoms with Crippen LogP contribution in [0.25, 0.3) is 0 Å². The highest BCUT2D eigenvalue weighted by Gasteiger charge is 2.15. The fraction of sp³-hybridized carbons (Fsp3) is 0.0714. The van der Waals surface area contributed by atoms with Gasteiger partial charge in [-0.05, 0) is 30.3 Å². The van der Waals surface area contributed by atoms with Crippen molar-refractivity contribution in [2.75, 3.05) is 17.7 Å². The zero-order valence-corrected chi connectivity index (χ0v) is 10.4.